The number of nitrogens with one attached hydrogen (secondary N) is 2. The van der Waals surface area contributed by atoms with Crippen LogP contribution in [0.15, 0.2) is 35.6 Å². The van der Waals surface area contributed by atoms with Crippen LogP contribution in [0.25, 0.3) is 11.0 Å². The third-order valence-electron chi connectivity index (χ3n) is 4.98. The molecule has 0 saturated heterocycles. The summed E-state index contributed by atoms with van der Waals surface area (Å²) in [6, 6.07) is 7.22. The topological polar surface area (TPSA) is 103 Å². The Morgan fingerprint density at radius 3 is 2.65 bits per heavy atom. The molecule has 0 aliphatic heterocycles. The number of carbonyl (C=O) groups is 1. The fraction of sp³-hybridized carbons (Fsp3) is 0.500. The van der Waals surface area contributed by atoms with Gasteiger partial charge in [-0.25, -0.2) is 14.6 Å². The van der Waals surface area contributed by atoms with E-state index in [9.17, 15) is 4.79 Å². The maximum atomic E-state index is 12.5. The molecular formula is C24H34N6O3S. The van der Waals surface area contributed by atoms with Gasteiger partial charge in [0.15, 0.2) is 10.8 Å². The molecule has 0 fully saturated rings. The van der Waals surface area contributed by atoms with Gasteiger partial charge >= 0.3 is 0 Å². The van der Waals surface area contributed by atoms with Crippen LogP contribution in [0.5, 0.6) is 5.75 Å². The van der Waals surface area contributed by atoms with Crippen molar-refractivity contribution in [3.05, 3.63) is 36.0 Å². The molecule has 3 rings (SSSR count). The number of anilines is 1. The van der Waals surface area contributed by atoms with Crippen molar-refractivity contribution in [3.63, 3.8) is 0 Å². The minimum absolute atomic E-state index is 0.133. The van der Waals surface area contributed by atoms with Gasteiger partial charge in [0.05, 0.1) is 31.3 Å². The maximum absolute atomic E-state index is 12.5. The van der Waals surface area contributed by atoms with E-state index in [1.807, 2.05) is 19.1 Å². The van der Waals surface area contributed by atoms with Crippen LogP contribution >= 0.6 is 11.8 Å². The summed E-state index contributed by atoms with van der Waals surface area (Å²) in [4.78, 5) is 21.9. The van der Waals surface area contributed by atoms with E-state index in [4.69, 9.17) is 9.47 Å². The van der Waals surface area contributed by atoms with Gasteiger partial charge in [-0.15, -0.1) is 0 Å². The molecule has 2 heterocycles. The van der Waals surface area contributed by atoms with Gasteiger partial charge in [0.2, 0.25) is 0 Å². The third kappa shape index (κ3) is 7.33. The minimum atomic E-state index is -0.133. The van der Waals surface area contributed by atoms with Crippen molar-refractivity contribution in [2.75, 3.05) is 44.0 Å². The third-order valence-corrected chi connectivity index (χ3v) is 5.71. The average molecular weight is 487 g/mol. The van der Waals surface area contributed by atoms with Crippen LogP contribution < -0.4 is 15.4 Å². The summed E-state index contributed by atoms with van der Waals surface area (Å²) in [7, 11) is 0. The van der Waals surface area contributed by atoms with Crippen LogP contribution in [-0.2, 0) is 11.3 Å². The zero-order valence-electron chi connectivity index (χ0n) is 20.2. The Balaban J connectivity index is 1.61. The fourth-order valence-electron chi connectivity index (χ4n) is 3.23. The summed E-state index contributed by atoms with van der Waals surface area (Å²) in [5.41, 5.74) is 1.34. The standard InChI is InChI=1S/C24H34N6O3S/c1-4-7-15-33-19-10-8-18(9-11-19)23(31)26-12-14-30-22-20(17-27-30)21(25-13-16-32-5-2)28-24(29-22)34-6-3/h8-11,17H,4-7,12-16H2,1-3H3,(H,26,31)(H,25,28,29). The number of aromatic nitrogens is 4. The Kier molecular flexibility index (Phi) is 10.4. The molecule has 2 N–H and O–H groups in total. The van der Waals surface area contributed by atoms with Crippen LogP contribution in [0.4, 0.5) is 5.82 Å². The van der Waals surface area contributed by atoms with E-state index in [2.05, 4.69) is 39.5 Å². The summed E-state index contributed by atoms with van der Waals surface area (Å²) < 4.78 is 12.9. The molecule has 0 atom stereocenters. The number of ether oxygens (including phenoxy) is 2. The Morgan fingerprint density at radius 1 is 1.09 bits per heavy atom. The van der Waals surface area contributed by atoms with E-state index in [0.717, 1.165) is 41.2 Å². The second-order valence-electron chi connectivity index (χ2n) is 7.50. The fourth-order valence-corrected chi connectivity index (χ4v) is 3.79. The van der Waals surface area contributed by atoms with E-state index in [-0.39, 0.29) is 5.91 Å². The molecule has 0 aliphatic carbocycles. The van der Waals surface area contributed by atoms with E-state index in [1.165, 1.54) is 0 Å². The number of rotatable bonds is 15. The van der Waals surface area contributed by atoms with Gasteiger partial charge in [-0.2, -0.15) is 5.10 Å². The lowest BCUT2D eigenvalue weighted by Gasteiger charge is -2.10. The number of unbranched alkanes of at least 4 members (excludes halogenated alkanes) is 1. The Hall–Kier alpha value is -2.85. The van der Waals surface area contributed by atoms with E-state index in [1.54, 1.807) is 34.8 Å². The molecule has 3 aromatic rings. The van der Waals surface area contributed by atoms with Crippen LogP contribution in [-0.4, -0.2) is 64.3 Å². The van der Waals surface area contributed by atoms with Crippen LogP contribution in [0, 0.1) is 0 Å². The molecule has 10 heteroatoms. The number of fused-ring (bicyclic) bond motifs is 1. The monoisotopic (exact) mass is 486 g/mol. The highest BCUT2D eigenvalue weighted by Crippen LogP contribution is 2.24. The predicted molar refractivity (Wildman–Crippen MR) is 136 cm³/mol. The largest absolute Gasteiger partial charge is 0.494 e. The first-order valence-electron chi connectivity index (χ1n) is 11.8. The molecule has 1 aromatic carbocycles. The molecule has 34 heavy (non-hydrogen) atoms. The number of amides is 1. The van der Waals surface area contributed by atoms with E-state index in [0.29, 0.717) is 50.2 Å². The Bertz CT molecular complexity index is 1040. The molecule has 0 radical (unpaired) electrons. The van der Waals surface area contributed by atoms with Gasteiger partial charge in [-0.1, -0.05) is 32.0 Å². The second kappa shape index (κ2) is 13.8. The SMILES string of the molecule is CCCCOc1ccc(C(=O)NCCn2ncc3c(NCCOCC)nc(SCC)nc32)cc1. The number of carbonyl (C=O) groups excluding carboxylic acids is 1. The first kappa shape index (κ1) is 25.8. The van der Waals surface area contributed by atoms with Crippen molar-refractivity contribution in [1.82, 2.24) is 25.1 Å². The normalized spacial score (nSPS) is 11.0. The van der Waals surface area contributed by atoms with Crippen molar-refractivity contribution >= 4 is 34.5 Å². The highest BCUT2D eigenvalue weighted by molar-refractivity contribution is 7.99. The summed E-state index contributed by atoms with van der Waals surface area (Å²) in [6.45, 7) is 9.71. The molecule has 0 bridgehead atoms. The van der Waals surface area contributed by atoms with Crippen molar-refractivity contribution in [3.8, 4) is 5.75 Å². The molecular weight excluding hydrogens is 452 g/mol. The van der Waals surface area contributed by atoms with Gasteiger partial charge in [-0.05, 0) is 43.4 Å². The average Bonchev–Trinajstić information content (AvgIpc) is 3.25. The number of thioether (sulfide) groups is 1. The lowest BCUT2D eigenvalue weighted by Crippen LogP contribution is -2.27. The van der Waals surface area contributed by atoms with Gasteiger partial charge in [-0.3, -0.25) is 4.79 Å². The van der Waals surface area contributed by atoms with Gasteiger partial charge in [0.1, 0.15) is 11.6 Å². The van der Waals surface area contributed by atoms with Crippen LogP contribution in [0.1, 0.15) is 44.0 Å². The first-order valence-corrected chi connectivity index (χ1v) is 12.8. The number of nitrogens with zero attached hydrogens (tertiary/aromatic N) is 4. The maximum Gasteiger partial charge on any atom is 0.251 e. The van der Waals surface area contributed by atoms with Crippen molar-refractivity contribution < 1.29 is 14.3 Å². The smallest absolute Gasteiger partial charge is 0.251 e. The van der Waals surface area contributed by atoms with Crippen molar-refractivity contribution in [2.24, 2.45) is 0 Å². The zero-order valence-corrected chi connectivity index (χ0v) is 21.0. The summed E-state index contributed by atoms with van der Waals surface area (Å²) in [5, 5.41) is 12.3. The zero-order chi connectivity index (χ0) is 24.2. The molecule has 9 nitrogen and oxygen atoms in total. The van der Waals surface area contributed by atoms with Gasteiger partial charge < -0.3 is 20.1 Å². The second-order valence-corrected chi connectivity index (χ2v) is 8.73. The van der Waals surface area contributed by atoms with E-state index < -0.39 is 0 Å². The molecule has 184 valence electrons. The minimum Gasteiger partial charge on any atom is -0.494 e. The highest BCUT2D eigenvalue weighted by Gasteiger charge is 2.13. The molecule has 0 saturated carbocycles. The van der Waals surface area contributed by atoms with E-state index >= 15 is 0 Å². The quantitative estimate of drug-likeness (QED) is 0.189. The van der Waals surface area contributed by atoms with Crippen molar-refractivity contribution in [1.29, 1.82) is 0 Å². The highest BCUT2D eigenvalue weighted by atomic mass is 32.2. The lowest BCUT2D eigenvalue weighted by atomic mass is 10.2. The first-order chi connectivity index (χ1) is 16.7. The summed E-state index contributed by atoms with van der Waals surface area (Å²) in [5.74, 6) is 2.26. The number of hydrogen-bond acceptors (Lipinski definition) is 8. The summed E-state index contributed by atoms with van der Waals surface area (Å²) >= 11 is 1.58. The molecule has 0 aliphatic rings. The van der Waals surface area contributed by atoms with Gasteiger partial charge in [0.25, 0.3) is 5.91 Å². The molecule has 0 unspecified atom stereocenters. The molecule has 1 amide bonds. The Labute approximate surface area is 205 Å². The number of benzene rings is 1. The van der Waals surface area contributed by atoms with Crippen molar-refractivity contribution in [2.45, 2.75) is 45.3 Å². The van der Waals surface area contributed by atoms with Crippen LogP contribution in [0.2, 0.25) is 0 Å². The van der Waals surface area contributed by atoms with Crippen LogP contribution in [0.3, 0.4) is 0 Å². The lowest BCUT2D eigenvalue weighted by molar-refractivity contribution is 0.0952. The Morgan fingerprint density at radius 2 is 1.91 bits per heavy atom. The summed E-state index contributed by atoms with van der Waals surface area (Å²) in [6.07, 6.45) is 3.86. The van der Waals surface area contributed by atoms with Gasteiger partial charge in [0, 0.05) is 25.3 Å². The predicted octanol–water partition coefficient (Wildman–Crippen LogP) is 4.00. The molecule has 2 aromatic heterocycles. The molecule has 0 spiro atoms. The number of hydrogen-bond donors (Lipinski definition) is 2.